The van der Waals surface area contributed by atoms with Gasteiger partial charge in [-0.25, -0.2) is 0 Å². The van der Waals surface area contributed by atoms with E-state index in [1.807, 2.05) is 10.8 Å². The van der Waals surface area contributed by atoms with Crippen LogP contribution in [0.15, 0.2) is 54.7 Å². The minimum absolute atomic E-state index is 1.06. The molecule has 0 spiro atoms. The van der Waals surface area contributed by atoms with Crippen molar-refractivity contribution in [3.05, 3.63) is 65.9 Å². The molecular formula is C20H24N2O. The lowest BCUT2D eigenvalue weighted by molar-refractivity contribution is 0.179. The molecule has 0 bridgehead atoms. The number of para-hydroxylation sites is 1. The Bertz CT molecular complexity index is 772. The SMILES string of the molecule is COn1cc(CCCc2ccc(N(C)C)cc2)c2ccccc21. The van der Waals surface area contributed by atoms with Gasteiger partial charge in [-0.15, -0.1) is 0 Å². The quantitative estimate of drug-likeness (QED) is 0.686. The third kappa shape index (κ3) is 3.34. The fourth-order valence-corrected chi connectivity index (χ4v) is 3.01. The Kier molecular flexibility index (Phi) is 4.56. The van der Waals surface area contributed by atoms with Crippen LogP contribution in [0.5, 0.6) is 0 Å². The van der Waals surface area contributed by atoms with Gasteiger partial charge in [0.2, 0.25) is 0 Å². The first-order chi connectivity index (χ1) is 11.2. The largest absolute Gasteiger partial charge is 0.417 e. The molecule has 0 aliphatic rings. The Morgan fingerprint density at radius 2 is 1.70 bits per heavy atom. The van der Waals surface area contributed by atoms with E-state index in [9.17, 15) is 0 Å². The summed E-state index contributed by atoms with van der Waals surface area (Å²) >= 11 is 0. The van der Waals surface area contributed by atoms with Crippen LogP contribution in [0.25, 0.3) is 10.9 Å². The minimum Gasteiger partial charge on any atom is -0.417 e. The second kappa shape index (κ2) is 6.78. The number of hydrogen-bond acceptors (Lipinski definition) is 2. The highest BCUT2D eigenvalue weighted by Gasteiger charge is 2.08. The normalized spacial score (nSPS) is 10.9. The molecule has 0 aliphatic heterocycles. The number of fused-ring (bicyclic) bond motifs is 1. The Labute approximate surface area is 138 Å². The molecule has 0 fully saturated rings. The zero-order valence-corrected chi connectivity index (χ0v) is 14.1. The maximum atomic E-state index is 5.42. The third-order valence-corrected chi connectivity index (χ3v) is 4.32. The van der Waals surface area contributed by atoms with Crippen LogP contribution in [0.4, 0.5) is 5.69 Å². The van der Waals surface area contributed by atoms with Gasteiger partial charge in [0.15, 0.2) is 0 Å². The van der Waals surface area contributed by atoms with Gasteiger partial charge in [0.1, 0.15) is 7.11 Å². The van der Waals surface area contributed by atoms with Crippen LogP contribution in [0.1, 0.15) is 17.5 Å². The van der Waals surface area contributed by atoms with E-state index in [4.69, 9.17) is 4.84 Å². The van der Waals surface area contributed by atoms with Crippen molar-refractivity contribution in [2.45, 2.75) is 19.3 Å². The van der Waals surface area contributed by atoms with E-state index in [0.29, 0.717) is 0 Å². The Morgan fingerprint density at radius 1 is 0.957 bits per heavy atom. The lowest BCUT2D eigenvalue weighted by Gasteiger charge is -2.12. The van der Waals surface area contributed by atoms with Gasteiger partial charge in [-0.05, 0) is 48.6 Å². The molecule has 23 heavy (non-hydrogen) atoms. The minimum atomic E-state index is 1.06. The molecule has 0 saturated heterocycles. The molecule has 3 nitrogen and oxygen atoms in total. The first-order valence-electron chi connectivity index (χ1n) is 8.09. The zero-order valence-electron chi connectivity index (χ0n) is 14.1. The van der Waals surface area contributed by atoms with Crippen molar-refractivity contribution in [3.63, 3.8) is 0 Å². The summed E-state index contributed by atoms with van der Waals surface area (Å²) in [5.74, 6) is 0. The summed E-state index contributed by atoms with van der Waals surface area (Å²) in [7, 11) is 5.85. The van der Waals surface area contributed by atoms with Gasteiger partial charge in [0.05, 0.1) is 5.52 Å². The molecule has 2 aromatic carbocycles. The highest BCUT2D eigenvalue weighted by molar-refractivity contribution is 5.83. The van der Waals surface area contributed by atoms with E-state index in [1.54, 1.807) is 7.11 Å². The predicted octanol–water partition coefficient (Wildman–Crippen LogP) is 3.94. The fraction of sp³-hybridized carbons (Fsp3) is 0.300. The Morgan fingerprint density at radius 3 is 2.39 bits per heavy atom. The van der Waals surface area contributed by atoms with Crippen molar-refractivity contribution >= 4 is 16.6 Å². The highest BCUT2D eigenvalue weighted by atomic mass is 16.6. The van der Waals surface area contributed by atoms with Gasteiger partial charge in [-0.2, -0.15) is 4.73 Å². The molecule has 0 amide bonds. The molecule has 0 aliphatic carbocycles. The summed E-state index contributed by atoms with van der Waals surface area (Å²) in [6.07, 6.45) is 5.41. The number of hydrogen-bond donors (Lipinski definition) is 0. The van der Waals surface area contributed by atoms with Crippen molar-refractivity contribution in [3.8, 4) is 0 Å². The van der Waals surface area contributed by atoms with Crippen molar-refractivity contribution in [1.29, 1.82) is 0 Å². The summed E-state index contributed by atoms with van der Waals surface area (Å²) in [6.45, 7) is 0. The van der Waals surface area contributed by atoms with E-state index in [0.717, 1.165) is 24.8 Å². The number of nitrogens with zero attached hydrogens (tertiary/aromatic N) is 2. The maximum absolute atomic E-state index is 5.42. The van der Waals surface area contributed by atoms with Crippen LogP contribution < -0.4 is 9.74 Å². The lowest BCUT2D eigenvalue weighted by atomic mass is 10.0. The third-order valence-electron chi connectivity index (χ3n) is 4.32. The first kappa shape index (κ1) is 15.5. The van der Waals surface area contributed by atoms with Crippen molar-refractivity contribution in [2.75, 3.05) is 26.1 Å². The topological polar surface area (TPSA) is 17.4 Å². The second-order valence-electron chi connectivity index (χ2n) is 6.09. The summed E-state index contributed by atoms with van der Waals surface area (Å²) in [5, 5.41) is 1.29. The standard InChI is InChI=1S/C20H24N2O/c1-21(2)18-13-11-16(12-14-18)7-6-8-17-15-22(23-3)20-10-5-4-9-19(17)20/h4-5,9-15H,6-8H2,1-3H3. The van der Waals surface area contributed by atoms with Gasteiger partial charge >= 0.3 is 0 Å². The van der Waals surface area contributed by atoms with E-state index in [2.05, 4.69) is 67.7 Å². The highest BCUT2D eigenvalue weighted by Crippen LogP contribution is 2.22. The number of benzene rings is 2. The van der Waals surface area contributed by atoms with Gasteiger partial charge in [0.25, 0.3) is 0 Å². The zero-order chi connectivity index (χ0) is 16.2. The molecule has 3 heteroatoms. The Balaban J connectivity index is 1.67. The van der Waals surface area contributed by atoms with Crippen LogP contribution >= 0.6 is 0 Å². The number of aryl methyl sites for hydroxylation is 2. The summed E-state index contributed by atoms with van der Waals surface area (Å²) < 4.78 is 1.86. The monoisotopic (exact) mass is 308 g/mol. The van der Waals surface area contributed by atoms with E-state index >= 15 is 0 Å². The van der Waals surface area contributed by atoms with Gasteiger partial charge in [0, 0.05) is 31.4 Å². The molecular weight excluding hydrogens is 284 g/mol. The first-order valence-corrected chi connectivity index (χ1v) is 8.09. The van der Waals surface area contributed by atoms with Crippen molar-refractivity contribution in [1.82, 2.24) is 4.73 Å². The molecule has 1 aromatic heterocycles. The van der Waals surface area contributed by atoms with Crippen LogP contribution in [0.2, 0.25) is 0 Å². The van der Waals surface area contributed by atoms with E-state index in [-0.39, 0.29) is 0 Å². The summed E-state index contributed by atoms with van der Waals surface area (Å²) in [5.41, 5.74) is 5.13. The van der Waals surface area contributed by atoms with Gasteiger partial charge < -0.3 is 9.74 Å². The van der Waals surface area contributed by atoms with Gasteiger partial charge in [-0.1, -0.05) is 30.3 Å². The van der Waals surface area contributed by atoms with Gasteiger partial charge in [-0.3, -0.25) is 0 Å². The molecule has 3 aromatic rings. The van der Waals surface area contributed by atoms with Crippen molar-refractivity contribution in [2.24, 2.45) is 0 Å². The van der Waals surface area contributed by atoms with Crippen molar-refractivity contribution < 1.29 is 4.84 Å². The molecule has 0 N–H and O–H groups in total. The molecule has 3 rings (SSSR count). The van der Waals surface area contributed by atoms with Crippen LogP contribution in [0.3, 0.4) is 0 Å². The summed E-state index contributed by atoms with van der Waals surface area (Å²) in [6, 6.07) is 17.2. The average molecular weight is 308 g/mol. The molecule has 0 radical (unpaired) electrons. The Hall–Kier alpha value is -2.42. The average Bonchev–Trinajstić information content (AvgIpc) is 2.94. The fourth-order valence-electron chi connectivity index (χ4n) is 3.01. The predicted molar refractivity (Wildman–Crippen MR) is 97.2 cm³/mol. The van der Waals surface area contributed by atoms with Crippen LogP contribution in [0, 0.1) is 0 Å². The van der Waals surface area contributed by atoms with E-state index < -0.39 is 0 Å². The smallest absolute Gasteiger partial charge is 0.104 e. The molecule has 0 atom stereocenters. The lowest BCUT2D eigenvalue weighted by Crippen LogP contribution is -2.08. The second-order valence-corrected chi connectivity index (χ2v) is 6.09. The maximum Gasteiger partial charge on any atom is 0.104 e. The molecule has 1 heterocycles. The number of rotatable bonds is 6. The number of anilines is 1. The van der Waals surface area contributed by atoms with E-state index in [1.165, 1.54) is 22.2 Å². The number of aromatic nitrogens is 1. The van der Waals surface area contributed by atoms with Crippen LogP contribution in [-0.4, -0.2) is 25.9 Å². The summed E-state index contributed by atoms with van der Waals surface area (Å²) in [4.78, 5) is 7.55. The molecule has 0 unspecified atom stereocenters. The molecule has 0 saturated carbocycles. The molecule has 120 valence electrons. The van der Waals surface area contributed by atoms with Crippen LogP contribution in [-0.2, 0) is 12.8 Å².